The van der Waals surface area contributed by atoms with Gasteiger partial charge in [0.05, 0.1) is 12.5 Å². The van der Waals surface area contributed by atoms with Gasteiger partial charge >= 0.3 is 5.97 Å². The summed E-state index contributed by atoms with van der Waals surface area (Å²) >= 11 is 0. The van der Waals surface area contributed by atoms with Crippen LogP contribution >= 0.6 is 0 Å². The molecule has 1 aliphatic carbocycles. The highest BCUT2D eigenvalue weighted by Crippen LogP contribution is 2.60. The number of esters is 1. The Hall–Kier alpha value is -1.57. The largest absolute Gasteiger partial charge is 0.468 e. The molecule has 78 valence electrons. The van der Waals surface area contributed by atoms with Crippen molar-refractivity contribution in [3.8, 4) is 0 Å². The molecule has 1 aliphatic rings. The molecule has 2 atom stereocenters. The maximum atomic E-state index is 11.6. The topological polar surface area (TPSA) is 26.3 Å². The Labute approximate surface area is 89.6 Å². The summed E-state index contributed by atoms with van der Waals surface area (Å²) in [7, 11) is 1.42. The summed E-state index contributed by atoms with van der Waals surface area (Å²) in [5, 5.41) is 0. The van der Waals surface area contributed by atoms with E-state index in [9.17, 15) is 4.79 Å². The van der Waals surface area contributed by atoms with E-state index in [2.05, 4.69) is 6.58 Å². The smallest absolute Gasteiger partial charge is 0.316 e. The van der Waals surface area contributed by atoms with Gasteiger partial charge in [0.25, 0.3) is 0 Å². The molecular weight excluding hydrogens is 188 g/mol. The highest BCUT2D eigenvalue weighted by Gasteiger charge is 2.59. The summed E-state index contributed by atoms with van der Waals surface area (Å²) in [4.78, 5) is 11.6. The first-order valence-electron chi connectivity index (χ1n) is 5.01. The van der Waals surface area contributed by atoms with E-state index in [1.165, 1.54) is 12.7 Å². The maximum absolute atomic E-state index is 11.6. The van der Waals surface area contributed by atoms with E-state index in [-0.39, 0.29) is 11.9 Å². The predicted octanol–water partition coefficient (Wildman–Crippen LogP) is 2.52. The molecule has 2 nitrogen and oxygen atoms in total. The molecule has 0 radical (unpaired) electrons. The quantitative estimate of drug-likeness (QED) is 0.556. The zero-order chi connectivity index (χ0) is 10.9. The third-order valence-corrected chi connectivity index (χ3v) is 3.14. The number of hydrogen-bond donors (Lipinski definition) is 0. The lowest BCUT2D eigenvalue weighted by atomic mass is 9.99. The molecule has 0 unspecified atom stereocenters. The van der Waals surface area contributed by atoms with Crippen LogP contribution in [0.25, 0.3) is 0 Å². The van der Waals surface area contributed by atoms with Crippen LogP contribution in [0.15, 0.2) is 43.0 Å². The van der Waals surface area contributed by atoms with Crippen molar-refractivity contribution in [3.63, 3.8) is 0 Å². The van der Waals surface area contributed by atoms with E-state index in [0.717, 1.165) is 6.42 Å². The van der Waals surface area contributed by atoms with E-state index >= 15 is 0 Å². The average Bonchev–Trinajstić information content (AvgIpc) is 3.05. The number of methoxy groups -OCH3 is 1. The highest BCUT2D eigenvalue weighted by atomic mass is 16.5. The standard InChI is InChI=1S/C13H14O2/c1-3-13(12(14)15-2)9-11(13)10-7-5-4-6-8-10/h3-8,11H,1,9H2,2H3/t11-,13+/m1/s1. The molecule has 0 bridgehead atoms. The van der Waals surface area contributed by atoms with Crippen LogP contribution < -0.4 is 0 Å². The summed E-state index contributed by atoms with van der Waals surface area (Å²) in [6.07, 6.45) is 2.53. The Kier molecular flexibility index (Phi) is 2.35. The number of hydrogen-bond acceptors (Lipinski definition) is 2. The van der Waals surface area contributed by atoms with Crippen molar-refractivity contribution in [2.75, 3.05) is 7.11 Å². The Balaban J connectivity index is 2.24. The monoisotopic (exact) mass is 202 g/mol. The van der Waals surface area contributed by atoms with Gasteiger partial charge in [-0.05, 0) is 12.0 Å². The Morgan fingerprint density at radius 2 is 2.20 bits per heavy atom. The van der Waals surface area contributed by atoms with Gasteiger partial charge in [-0.1, -0.05) is 36.4 Å². The number of carbonyl (C=O) groups excluding carboxylic acids is 1. The average molecular weight is 202 g/mol. The number of rotatable bonds is 3. The van der Waals surface area contributed by atoms with Gasteiger partial charge in [-0.25, -0.2) is 0 Å². The summed E-state index contributed by atoms with van der Waals surface area (Å²) in [6, 6.07) is 10.0. The van der Waals surface area contributed by atoms with Crippen molar-refractivity contribution in [1.82, 2.24) is 0 Å². The van der Waals surface area contributed by atoms with Crippen molar-refractivity contribution in [2.45, 2.75) is 12.3 Å². The maximum Gasteiger partial charge on any atom is 0.316 e. The number of carbonyl (C=O) groups is 1. The molecule has 1 aromatic rings. The van der Waals surface area contributed by atoms with Gasteiger partial charge in [0, 0.05) is 5.92 Å². The molecule has 1 fully saturated rings. The van der Waals surface area contributed by atoms with E-state index in [4.69, 9.17) is 4.74 Å². The van der Waals surface area contributed by atoms with Crippen LogP contribution in [0.3, 0.4) is 0 Å². The summed E-state index contributed by atoms with van der Waals surface area (Å²) in [5.74, 6) is 0.0648. The van der Waals surface area contributed by atoms with E-state index in [0.29, 0.717) is 0 Å². The second kappa shape index (κ2) is 3.54. The van der Waals surface area contributed by atoms with Crippen LogP contribution in [0.5, 0.6) is 0 Å². The molecule has 1 aromatic carbocycles. The van der Waals surface area contributed by atoms with Crippen molar-refractivity contribution >= 4 is 5.97 Å². The lowest BCUT2D eigenvalue weighted by molar-refractivity contribution is -0.145. The summed E-state index contributed by atoms with van der Waals surface area (Å²) in [5.41, 5.74) is 0.707. The van der Waals surface area contributed by atoms with Crippen molar-refractivity contribution in [2.24, 2.45) is 5.41 Å². The van der Waals surface area contributed by atoms with Crippen molar-refractivity contribution < 1.29 is 9.53 Å². The van der Waals surface area contributed by atoms with E-state index < -0.39 is 5.41 Å². The van der Waals surface area contributed by atoms with Gasteiger partial charge in [-0.15, -0.1) is 6.58 Å². The lowest BCUT2D eigenvalue weighted by Crippen LogP contribution is -2.16. The Morgan fingerprint density at radius 3 is 2.73 bits per heavy atom. The molecule has 0 saturated heterocycles. The van der Waals surface area contributed by atoms with Gasteiger partial charge in [0.15, 0.2) is 0 Å². The summed E-state index contributed by atoms with van der Waals surface area (Å²) in [6.45, 7) is 3.74. The fraction of sp³-hybridized carbons (Fsp3) is 0.308. The minimum atomic E-state index is -0.476. The van der Waals surface area contributed by atoms with Gasteiger partial charge in [0.1, 0.15) is 0 Å². The third-order valence-electron chi connectivity index (χ3n) is 3.14. The van der Waals surface area contributed by atoms with Gasteiger partial charge in [-0.3, -0.25) is 4.79 Å². The zero-order valence-corrected chi connectivity index (χ0v) is 8.77. The molecule has 0 amide bonds. The second-order valence-electron chi connectivity index (χ2n) is 3.90. The summed E-state index contributed by atoms with van der Waals surface area (Å²) < 4.78 is 4.81. The Morgan fingerprint density at radius 1 is 1.53 bits per heavy atom. The molecule has 1 saturated carbocycles. The van der Waals surface area contributed by atoms with Crippen LogP contribution in [-0.4, -0.2) is 13.1 Å². The third kappa shape index (κ3) is 1.46. The van der Waals surface area contributed by atoms with E-state index in [1.54, 1.807) is 6.08 Å². The molecule has 2 rings (SSSR count). The number of ether oxygens (including phenoxy) is 1. The molecule has 15 heavy (non-hydrogen) atoms. The lowest BCUT2D eigenvalue weighted by Gasteiger charge is -2.09. The molecular formula is C13H14O2. The Bertz CT molecular complexity index is 383. The van der Waals surface area contributed by atoms with Gasteiger partial charge in [0.2, 0.25) is 0 Å². The molecule has 0 N–H and O–H groups in total. The first kappa shape index (κ1) is 9.97. The van der Waals surface area contributed by atoms with Crippen LogP contribution in [-0.2, 0) is 9.53 Å². The molecule has 2 heteroatoms. The molecule has 0 aliphatic heterocycles. The minimum Gasteiger partial charge on any atom is -0.468 e. The van der Waals surface area contributed by atoms with E-state index in [1.807, 2.05) is 30.3 Å². The SMILES string of the molecule is C=C[C@]1(C(=O)OC)C[C@@H]1c1ccccc1. The molecule has 0 aromatic heterocycles. The number of benzene rings is 1. The highest BCUT2D eigenvalue weighted by molar-refractivity contribution is 5.84. The molecule has 0 heterocycles. The first-order valence-corrected chi connectivity index (χ1v) is 5.01. The normalized spacial score (nSPS) is 28.2. The van der Waals surface area contributed by atoms with Gasteiger partial charge < -0.3 is 4.74 Å². The van der Waals surface area contributed by atoms with Crippen LogP contribution in [0.1, 0.15) is 17.9 Å². The van der Waals surface area contributed by atoms with Crippen LogP contribution in [0.2, 0.25) is 0 Å². The fourth-order valence-electron chi connectivity index (χ4n) is 2.10. The zero-order valence-electron chi connectivity index (χ0n) is 8.77. The van der Waals surface area contributed by atoms with Crippen molar-refractivity contribution in [1.29, 1.82) is 0 Å². The molecule has 0 spiro atoms. The minimum absolute atomic E-state index is 0.175. The first-order chi connectivity index (χ1) is 7.24. The van der Waals surface area contributed by atoms with Crippen LogP contribution in [0, 0.1) is 5.41 Å². The fourth-order valence-corrected chi connectivity index (χ4v) is 2.10. The van der Waals surface area contributed by atoms with Gasteiger partial charge in [-0.2, -0.15) is 0 Å². The van der Waals surface area contributed by atoms with Crippen LogP contribution in [0.4, 0.5) is 0 Å². The second-order valence-corrected chi connectivity index (χ2v) is 3.90. The van der Waals surface area contributed by atoms with Crippen molar-refractivity contribution in [3.05, 3.63) is 48.6 Å². The predicted molar refractivity (Wildman–Crippen MR) is 58.4 cm³/mol.